The van der Waals surface area contributed by atoms with Crippen molar-refractivity contribution in [3.05, 3.63) is 65.7 Å². The van der Waals surface area contributed by atoms with Crippen LogP contribution in [0.3, 0.4) is 0 Å². The molecule has 0 saturated carbocycles. The van der Waals surface area contributed by atoms with Crippen molar-refractivity contribution < 1.29 is 4.79 Å². The maximum Gasteiger partial charge on any atom is 0.319 e. The largest absolute Gasteiger partial charge is 0.337 e. The van der Waals surface area contributed by atoms with Gasteiger partial charge in [0.25, 0.3) is 0 Å². The third-order valence-corrected chi connectivity index (χ3v) is 4.66. The van der Waals surface area contributed by atoms with E-state index in [1.807, 2.05) is 48.2 Å². The molecule has 128 valence electrons. The number of rotatable bonds is 6. The van der Waals surface area contributed by atoms with Crippen LogP contribution in [0, 0.1) is 0 Å². The highest BCUT2D eigenvalue weighted by Crippen LogP contribution is 2.29. The fourth-order valence-electron chi connectivity index (χ4n) is 2.41. The SMILES string of the molecule is CC(C)(C)c1ccccc1NC(=O)NCCSCc1ccccc1. The van der Waals surface area contributed by atoms with E-state index in [-0.39, 0.29) is 11.4 Å². The lowest BCUT2D eigenvalue weighted by Crippen LogP contribution is -2.31. The zero-order valence-corrected chi connectivity index (χ0v) is 15.5. The van der Waals surface area contributed by atoms with E-state index in [1.54, 1.807) is 0 Å². The fourth-order valence-corrected chi connectivity index (χ4v) is 3.23. The molecule has 2 amide bonds. The molecule has 0 fully saturated rings. The van der Waals surface area contributed by atoms with Crippen LogP contribution in [0.15, 0.2) is 54.6 Å². The summed E-state index contributed by atoms with van der Waals surface area (Å²) in [6.45, 7) is 7.09. The number of carbonyl (C=O) groups is 1. The average Bonchev–Trinajstić information content (AvgIpc) is 2.55. The quantitative estimate of drug-likeness (QED) is 0.722. The molecule has 0 atom stereocenters. The summed E-state index contributed by atoms with van der Waals surface area (Å²) in [5.41, 5.74) is 3.32. The van der Waals surface area contributed by atoms with Gasteiger partial charge in [0.1, 0.15) is 0 Å². The molecular weight excluding hydrogens is 316 g/mol. The molecule has 0 bridgehead atoms. The number of amides is 2. The summed E-state index contributed by atoms with van der Waals surface area (Å²) in [5.74, 6) is 1.86. The Hall–Kier alpha value is -1.94. The average molecular weight is 343 g/mol. The van der Waals surface area contributed by atoms with Crippen LogP contribution in [0.1, 0.15) is 31.9 Å². The molecule has 0 heterocycles. The number of hydrogen-bond acceptors (Lipinski definition) is 2. The lowest BCUT2D eigenvalue weighted by atomic mass is 9.86. The Balaban J connectivity index is 1.74. The minimum atomic E-state index is -0.146. The number of urea groups is 1. The van der Waals surface area contributed by atoms with Crippen LogP contribution < -0.4 is 10.6 Å². The number of carbonyl (C=O) groups excluding carboxylic acids is 1. The smallest absolute Gasteiger partial charge is 0.319 e. The van der Waals surface area contributed by atoms with Crippen molar-refractivity contribution in [3.63, 3.8) is 0 Å². The van der Waals surface area contributed by atoms with Crippen LogP contribution in [-0.2, 0) is 11.2 Å². The van der Waals surface area contributed by atoms with Crippen molar-refractivity contribution >= 4 is 23.5 Å². The number of nitrogens with one attached hydrogen (secondary N) is 2. The van der Waals surface area contributed by atoms with Gasteiger partial charge in [0.2, 0.25) is 0 Å². The topological polar surface area (TPSA) is 41.1 Å². The normalized spacial score (nSPS) is 11.1. The van der Waals surface area contributed by atoms with Crippen LogP contribution in [0.25, 0.3) is 0 Å². The molecule has 3 nitrogen and oxygen atoms in total. The lowest BCUT2D eigenvalue weighted by Gasteiger charge is -2.23. The molecule has 0 aliphatic heterocycles. The van der Waals surface area contributed by atoms with Gasteiger partial charge >= 0.3 is 6.03 Å². The summed E-state index contributed by atoms with van der Waals surface area (Å²) >= 11 is 1.82. The molecule has 0 spiro atoms. The summed E-state index contributed by atoms with van der Waals surface area (Å²) in [4.78, 5) is 12.1. The molecule has 0 unspecified atom stereocenters. The predicted molar refractivity (Wildman–Crippen MR) is 105 cm³/mol. The van der Waals surface area contributed by atoms with Crippen molar-refractivity contribution in [2.75, 3.05) is 17.6 Å². The van der Waals surface area contributed by atoms with Gasteiger partial charge in [0.15, 0.2) is 0 Å². The second-order valence-electron chi connectivity index (χ2n) is 6.71. The Labute approximate surface area is 149 Å². The van der Waals surface area contributed by atoms with E-state index < -0.39 is 0 Å². The Kier molecular flexibility index (Phi) is 6.73. The van der Waals surface area contributed by atoms with Gasteiger partial charge in [-0.15, -0.1) is 0 Å². The van der Waals surface area contributed by atoms with E-state index in [2.05, 4.69) is 49.6 Å². The first-order chi connectivity index (χ1) is 11.5. The van der Waals surface area contributed by atoms with Gasteiger partial charge in [-0.25, -0.2) is 4.79 Å². The Morgan fingerprint density at radius 3 is 2.38 bits per heavy atom. The second-order valence-corrected chi connectivity index (χ2v) is 7.82. The van der Waals surface area contributed by atoms with E-state index in [0.717, 1.165) is 22.8 Å². The van der Waals surface area contributed by atoms with Gasteiger partial charge in [0.05, 0.1) is 0 Å². The molecular formula is C20H26N2OS. The van der Waals surface area contributed by atoms with Crippen molar-refractivity contribution in [1.82, 2.24) is 5.32 Å². The first kappa shape index (κ1) is 18.4. The summed E-state index contributed by atoms with van der Waals surface area (Å²) in [6, 6.07) is 18.2. The minimum Gasteiger partial charge on any atom is -0.337 e. The number of benzene rings is 2. The third kappa shape index (κ3) is 5.93. The van der Waals surface area contributed by atoms with Crippen LogP contribution >= 0.6 is 11.8 Å². The molecule has 24 heavy (non-hydrogen) atoms. The molecule has 0 aliphatic rings. The number of thioether (sulfide) groups is 1. The Morgan fingerprint density at radius 1 is 1.00 bits per heavy atom. The van der Waals surface area contributed by atoms with E-state index >= 15 is 0 Å². The summed E-state index contributed by atoms with van der Waals surface area (Å²) in [5, 5.41) is 5.89. The number of hydrogen-bond donors (Lipinski definition) is 2. The molecule has 0 aromatic heterocycles. The molecule has 0 aliphatic carbocycles. The monoisotopic (exact) mass is 342 g/mol. The maximum absolute atomic E-state index is 12.1. The van der Waals surface area contributed by atoms with E-state index in [0.29, 0.717) is 6.54 Å². The Morgan fingerprint density at radius 2 is 1.67 bits per heavy atom. The number of anilines is 1. The van der Waals surface area contributed by atoms with Gasteiger partial charge in [-0.2, -0.15) is 11.8 Å². The van der Waals surface area contributed by atoms with Gasteiger partial charge in [-0.05, 0) is 22.6 Å². The zero-order chi connectivity index (χ0) is 17.4. The van der Waals surface area contributed by atoms with Crippen molar-refractivity contribution in [2.24, 2.45) is 0 Å². The zero-order valence-electron chi connectivity index (χ0n) is 14.6. The molecule has 0 saturated heterocycles. The molecule has 0 radical (unpaired) electrons. The maximum atomic E-state index is 12.1. The van der Waals surface area contributed by atoms with Crippen molar-refractivity contribution in [1.29, 1.82) is 0 Å². The summed E-state index contributed by atoms with van der Waals surface area (Å²) in [6.07, 6.45) is 0. The fraction of sp³-hybridized carbons (Fsp3) is 0.350. The highest BCUT2D eigenvalue weighted by molar-refractivity contribution is 7.98. The standard InChI is InChI=1S/C20H26N2OS/c1-20(2,3)17-11-7-8-12-18(17)22-19(23)21-13-14-24-15-16-9-5-4-6-10-16/h4-12H,13-15H2,1-3H3,(H2,21,22,23). The highest BCUT2D eigenvalue weighted by atomic mass is 32.2. The first-order valence-corrected chi connectivity index (χ1v) is 9.38. The minimum absolute atomic E-state index is 0.00455. The number of para-hydroxylation sites is 1. The molecule has 2 rings (SSSR count). The molecule has 2 N–H and O–H groups in total. The molecule has 2 aromatic carbocycles. The first-order valence-electron chi connectivity index (χ1n) is 8.23. The third-order valence-electron chi connectivity index (χ3n) is 3.63. The molecule has 2 aromatic rings. The van der Waals surface area contributed by atoms with E-state index in [1.165, 1.54) is 5.56 Å². The van der Waals surface area contributed by atoms with E-state index in [4.69, 9.17) is 0 Å². The second kappa shape index (κ2) is 8.78. The van der Waals surface area contributed by atoms with Gasteiger partial charge in [-0.1, -0.05) is 69.3 Å². The Bertz CT molecular complexity index is 650. The summed E-state index contributed by atoms with van der Waals surface area (Å²) < 4.78 is 0. The van der Waals surface area contributed by atoms with Crippen molar-refractivity contribution in [3.8, 4) is 0 Å². The van der Waals surface area contributed by atoms with Crippen LogP contribution in [0.5, 0.6) is 0 Å². The lowest BCUT2D eigenvalue weighted by molar-refractivity contribution is 0.252. The van der Waals surface area contributed by atoms with Crippen LogP contribution in [0.4, 0.5) is 10.5 Å². The van der Waals surface area contributed by atoms with Gasteiger partial charge < -0.3 is 10.6 Å². The highest BCUT2D eigenvalue weighted by Gasteiger charge is 2.18. The molecule has 4 heteroatoms. The predicted octanol–water partition coefficient (Wildman–Crippen LogP) is 5.04. The van der Waals surface area contributed by atoms with Gasteiger partial charge in [-0.3, -0.25) is 0 Å². The van der Waals surface area contributed by atoms with E-state index in [9.17, 15) is 4.79 Å². The van der Waals surface area contributed by atoms with Crippen molar-refractivity contribution in [2.45, 2.75) is 31.9 Å². The van der Waals surface area contributed by atoms with Crippen LogP contribution in [0.2, 0.25) is 0 Å². The van der Waals surface area contributed by atoms with Crippen LogP contribution in [-0.4, -0.2) is 18.3 Å². The summed E-state index contributed by atoms with van der Waals surface area (Å²) in [7, 11) is 0. The van der Waals surface area contributed by atoms with Gasteiger partial charge in [0, 0.05) is 23.7 Å².